The number of likely N-dealkylation sites (tertiary alicyclic amines) is 1. The maximum atomic E-state index is 13.0. The van der Waals surface area contributed by atoms with Crippen molar-refractivity contribution < 1.29 is 9.59 Å². The van der Waals surface area contributed by atoms with Gasteiger partial charge in [0, 0.05) is 48.2 Å². The van der Waals surface area contributed by atoms with Gasteiger partial charge in [-0.25, -0.2) is 0 Å². The van der Waals surface area contributed by atoms with E-state index in [2.05, 4.69) is 5.32 Å². The Labute approximate surface area is 175 Å². The van der Waals surface area contributed by atoms with Crippen molar-refractivity contribution in [3.05, 3.63) is 33.8 Å². The second kappa shape index (κ2) is 8.56. The lowest BCUT2D eigenvalue weighted by Crippen LogP contribution is -2.57. The first-order chi connectivity index (χ1) is 12.5. The Morgan fingerprint density at radius 3 is 2.59 bits per heavy atom. The number of nitrogens with one attached hydrogen (secondary N) is 1. The molecule has 1 N–H and O–H groups in total. The molecule has 0 radical (unpaired) electrons. The van der Waals surface area contributed by atoms with Crippen LogP contribution in [0.4, 0.5) is 0 Å². The Morgan fingerprint density at radius 2 is 1.89 bits per heavy atom. The van der Waals surface area contributed by atoms with Crippen LogP contribution in [0.3, 0.4) is 0 Å². The van der Waals surface area contributed by atoms with Gasteiger partial charge in [-0.2, -0.15) is 0 Å². The predicted molar refractivity (Wildman–Crippen MR) is 109 cm³/mol. The van der Waals surface area contributed by atoms with Gasteiger partial charge in [0.1, 0.15) is 0 Å². The third-order valence-corrected chi connectivity index (χ3v) is 6.13. The lowest BCUT2D eigenvalue weighted by molar-refractivity contribution is -0.141. The van der Waals surface area contributed by atoms with Crippen LogP contribution in [0.25, 0.3) is 0 Å². The Kier molecular flexibility index (Phi) is 6.57. The van der Waals surface area contributed by atoms with Crippen molar-refractivity contribution in [2.45, 2.75) is 31.2 Å². The molecule has 3 unspecified atom stereocenters. The summed E-state index contributed by atoms with van der Waals surface area (Å²) < 4.78 is 0. The summed E-state index contributed by atoms with van der Waals surface area (Å²) in [4.78, 5) is 29.0. The second-order valence-electron chi connectivity index (χ2n) is 7.50. The maximum Gasteiger partial charge on any atom is 0.236 e. The Morgan fingerprint density at radius 1 is 1.15 bits per heavy atom. The van der Waals surface area contributed by atoms with Gasteiger partial charge in [0.05, 0.1) is 6.54 Å². The Balaban J connectivity index is 0.00000210. The average Bonchev–Trinajstić information content (AvgIpc) is 3.41. The first kappa shape index (κ1) is 20.7. The van der Waals surface area contributed by atoms with Crippen molar-refractivity contribution in [1.29, 1.82) is 0 Å². The minimum absolute atomic E-state index is 0. The number of piperazine rings is 1. The summed E-state index contributed by atoms with van der Waals surface area (Å²) in [5.41, 5.74) is 1.05. The fraction of sp³-hybridized carbons (Fsp3) is 0.579. The molecule has 3 fully saturated rings. The van der Waals surface area contributed by atoms with E-state index in [4.69, 9.17) is 23.2 Å². The second-order valence-corrected chi connectivity index (χ2v) is 8.37. The molecule has 2 amide bonds. The van der Waals surface area contributed by atoms with E-state index >= 15 is 0 Å². The minimum Gasteiger partial charge on any atom is -0.340 e. The molecule has 5 nitrogen and oxygen atoms in total. The average molecular weight is 433 g/mol. The molecule has 1 aromatic carbocycles. The highest BCUT2D eigenvalue weighted by Gasteiger charge is 2.47. The van der Waals surface area contributed by atoms with Gasteiger partial charge < -0.3 is 15.1 Å². The van der Waals surface area contributed by atoms with Crippen molar-refractivity contribution in [3.8, 4) is 0 Å². The molecular weight excluding hydrogens is 409 g/mol. The van der Waals surface area contributed by atoms with Crippen LogP contribution in [0.2, 0.25) is 10.0 Å². The number of nitrogens with zero attached hydrogens (tertiary/aromatic N) is 2. The molecule has 0 bridgehead atoms. The molecule has 4 rings (SSSR count). The van der Waals surface area contributed by atoms with Crippen LogP contribution < -0.4 is 5.32 Å². The van der Waals surface area contributed by atoms with E-state index in [0.717, 1.165) is 44.5 Å². The van der Waals surface area contributed by atoms with Crippen molar-refractivity contribution in [1.82, 2.24) is 15.1 Å². The zero-order valence-electron chi connectivity index (χ0n) is 15.0. The molecule has 2 saturated heterocycles. The SMILES string of the molecule is Cl.O=C(C1CC1c1cc(Cl)cc(Cl)c1)N1CCCC(N2CCNCC2=O)C1. The molecule has 0 aromatic heterocycles. The Hall–Kier alpha value is -1.01. The van der Waals surface area contributed by atoms with Crippen molar-refractivity contribution in [2.75, 3.05) is 32.7 Å². The lowest BCUT2D eigenvalue weighted by atomic mass is 10.0. The van der Waals surface area contributed by atoms with E-state index in [1.807, 2.05) is 21.9 Å². The third kappa shape index (κ3) is 4.53. The molecule has 1 aromatic rings. The number of amides is 2. The zero-order chi connectivity index (χ0) is 18.3. The maximum absolute atomic E-state index is 13.0. The molecule has 1 aliphatic carbocycles. The zero-order valence-corrected chi connectivity index (χ0v) is 17.3. The molecule has 1 saturated carbocycles. The number of halogens is 3. The predicted octanol–water partition coefficient (Wildman–Crippen LogP) is 2.94. The summed E-state index contributed by atoms with van der Waals surface area (Å²) in [5.74, 6) is 0.578. The van der Waals surface area contributed by atoms with Crippen LogP contribution in [0, 0.1) is 5.92 Å². The lowest BCUT2D eigenvalue weighted by Gasteiger charge is -2.41. The fourth-order valence-corrected chi connectivity index (χ4v) is 4.82. The monoisotopic (exact) mass is 431 g/mol. The molecule has 3 atom stereocenters. The van der Waals surface area contributed by atoms with Crippen LogP contribution in [-0.4, -0.2) is 60.4 Å². The highest BCUT2D eigenvalue weighted by molar-refractivity contribution is 6.34. The van der Waals surface area contributed by atoms with E-state index in [9.17, 15) is 9.59 Å². The summed E-state index contributed by atoms with van der Waals surface area (Å²) in [6, 6.07) is 5.68. The molecule has 2 aliphatic heterocycles. The van der Waals surface area contributed by atoms with Crippen molar-refractivity contribution in [2.24, 2.45) is 5.92 Å². The molecule has 2 heterocycles. The van der Waals surface area contributed by atoms with Gasteiger partial charge in [0.25, 0.3) is 0 Å². The molecular formula is C19H24Cl3N3O2. The summed E-state index contributed by atoms with van der Waals surface area (Å²) >= 11 is 12.2. The van der Waals surface area contributed by atoms with Gasteiger partial charge in [0.15, 0.2) is 0 Å². The third-order valence-electron chi connectivity index (χ3n) is 5.70. The van der Waals surface area contributed by atoms with E-state index in [0.29, 0.717) is 23.1 Å². The van der Waals surface area contributed by atoms with Gasteiger partial charge in [-0.15, -0.1) is 12.4 Å². The molecule has 3 aliphatic rings. The first-order valence-electron chi connectivity index (χ1n) is 9.28. The molecule has 148 valence electrons. The summed E-state index contributed by atoms with van der Waals surface area (Å²) in [7, 11) is 0. The van der Waals surface area contributed by atoms with E-state index < -0.39 is 0 Å². The number of hydrogen-bond donors (Lipinski definition) is 1. The van der Waals surface area contributed by atoms with E-state index in [1.165, 1.54) is 0 Å². The molecule has 8 heteroatoms. The van der Waals surface area contributed by atoms with Crippen LogP contribution in [-0.2, 0) is 9.59 Å². The number of benzene rings is 1. The number of rotatable bonds is 3. The van der Waals surface area contributed by atoms with Gasteiger partial charge in [-0.1, -0.05) is 23.2 Å². The molecule has 27 heavy (non-hydrogen) atoms. The van der Waals surface area contributed by atoms with Gasteiger partial charge in [0.2, 0.25) is 11.8 Å². The van der Waals surface area contributed by atoms with Crippen LogP contribution >= 0.6 is 35.6 Å². The largest absolute Gasteiger partial charge is 0.340 e. The normalized spacial score (nSPS) is 27.9. The van der Waals surface area contributed by atoms with Gasteiger partial charge in [-0.3, -0.25) is 9.59 Å². The van der Waals surface area contributed by atoms with Crippen LogP contribution in [0.1, 0.15) is 30.7 Å². The number of piperidine rings is 1. The summed E-state index contributed by atoms with van der Waals surface area (Å²) in [6.07, 6.45) is 2.78. The highest BCUT2D eigenvalue weighted by atomic mass is 35.5. The van der Waals surface area contributed by atoms with Gasteiger partial charge >= 0.3 is 0 Å². The number of carbonyl (C=O) groups is 2. The Bertz CT molecular complexity index is 710. The minimum atomic E-state index is 0. The quantitative estimate of drug-likeness (QED) is 0.799. The number of hydrogen-bond acceptors (Lipinski definition) is 3. The smallest absolute Gasteiger partial charge is 0.236 e. The van der Waals surface area contributed by atoms with Crippen LogP contribution in [0.15, 0.2) is 18.2 Å². The van der Waals surface area contributed by atoms with E-state index in [1.54, 1.807) is 6.07 Å². The summed E-state index contributed by atoms with van der Waals surface area (Å²) in [6.45, 7) is 3.42. The van der Waals surface area contributed by atoms with Crippen LogP contribution in [0.5, 0.6) is 0 Å². The topological polar surface area (TPSA) is 52.7 Å². The standard InChI is InChI=1S/C19H23Cl2N3O2.ClH/c20-13-6-12(7-14(21)8-13)16-9-17(16)19(26)23-4-1-2-15(11-23)24-5-3-22-10-18(24)25;/h6-8,15-17,22H,1-5,9-11H2;1H. The van der Waals surface area contributed by atoms with Crippen molar-refractivity contribution >= 4 is 47.4 Å². The first-order valence-corrected chi connectivity index (χ1v) is 10.0. The highest BCUT2D eigenvalue weighted by Crippen LogP contribution is 2.49. The summed E-state index contributed by atoms with van der Waals surface area (Å²) in [5, 5.41) is 4.33. The van der Waals surface area contributed by atoms with Crippen molar-refractivity contribution in [3.63, 3.8) is 0 Å². The van der Waals surface area contributed by atoms with E-state index in [-0.39, 0.29) is 42.1 Å². The number of carbonyl (C=O) groups excluding carboxylic acids is 2. The fourth-order valence-electron chi connectivity index (χ4n) is 4.28. The van der Waals surface area contributed by atoms with Gasteiger partial charge in [-0.05, 0) is 48.9 Å². The molecule has 0 spiro atoms.